The second-order valence-corrected chi connectivity index (χ2v) is 2.04. The SMILES string of the molecule is CCC(=O)OCCNC(=O)OCF. The monoisotopic (exact) mass is 193 g/mol. The number of alkyl carbamates (subject to hydrolysis) is 1. The van der Waals surface area contributed by atoms with E-state index in [-0.39, 0.29) is 25.5 Å². The van der Waals surface area contributed by atoms with Crippen molar-refractivity contribution in [2.24, 2.45) is 0 Å². The van der Waals surface area contributed by atoms with Gasteiger partial charge in [0.1, 0.15) is 6.61 Å². The first-order valence-electron chi connectivity index (χ1n) is 3.83. The Balaban J connectivity index is 3.25. The van der Waals surface area contributed by atoms with Crippen molar-refractivity contribution >= 4 is 12.1 Å². The second kappa shape index (κ2) is 7.33. The zero-order valence-electron chi connectivity index (χ0n) is 7.34. The van der Waals surface area contributed by atoms with E-state index in [1.54, 1.807) is 6.92 Å². The highest BCUT2D eigenvalue weighted by Crippen LogP contribution is 1.83. The van der Waals surface area contributed by atoms with Gasteiger partial charge in [-0.05, 0) is 0 Å². The van der Waals surface area contributed by atoms with E-state index in [0.717, 1.165) is 0 Å². The summed E-state index contributed by atoms with van der Waals surface area (Å²) in [7, 11) is 0. The fraction of sp³-hybridized carbons (Fsp3) is 0.714. The van der Waals surface area contributed by atoms with E-state index in [1.807, 2.05) is 0 Å². The number of hydrogen-bond acceptors (Lipinski definition) is 4. The van der Waals surface area contributed by atoms with Gasteiger partial charge < -0.3 is 14.8 Å². The Morgan fingerprint density at radius 3 is 2.62 bits per heavy atom. The maximum absolute atomic E-state index is 11.4. The third kappa shape index (κ3) is 7.04. The molecular formula is C7H12FNO4. The third-order valence-corrected chi connectivity index (χ3v) is 1.11. The number of esters is 1. The molecule has 0 fully saturated rings. The maximum Gasteiger partial charge on any atom is 0.409 e. The summed E-state index contributed by atoms with van der Waals surface area (Å²) in [6.07, 6.45) is -0.579. The van der Waals surface area contributed by atoms with Crippen LogP contribution in [0.3, 0.4) is 0 Å². The standard InChI is InChI=1S/C7H12FNO4/c1-2-6(10)12-4-3-9-7(11)13-5-8/h2-5H2,1H3,(H,9,11). The number of carbonyl (C=O) groups excluding carboxylic acids is 2. The van der Waals surface area contributed by atoms with Crippen LogP contribution in [0, 0.1) is 0 Å². The normalized spacial score (nSPS) is 9.08. The first-order chi connectivity index (χ1) is 6.20. The molecule has 1 N–H and O–H groups in total. The Kier molecular flexibility index (Phi) is 6.58. The predicted molar refractivity (Wildman–Crippen MR) is 41.7 cm³/mol. The Labute approximate surface area is 75.2 Å². The number of rotatable bonds is 5. The smallest absolute Gasteiger partial charge is 0.409 e. The molecule has 0 saturated heterocycles. The average molecular weight is 193 g/mol. The van der Waals surface area contributed by atoms with Gasteiger partial charge in [-0.25, -0.2) is 9.18 Å². The number of ether oxygens (including phenoxy) is 2. The van der Waals surface area contributed by atoms with E-state index in [9.17, 15) is 14.0 Å². The quantitative estimate of drug-likeness (QED) is 0.512. The zero-order chi connectivity index (χ0) is 10.1. The summed E-state index contributed by atoms with van der Waals surface area (Å²) in [5, 5.41) is 2.18. The molecule has 0 bridgehead atoms. The topological polar surface area (TPSA) is 64.6 Å². The highest BCUT2D eigenvalue weighted by Gasteiger charge is 2.01. The van der Waals surface area contributed by atoms with Crippen LogP contribution in [0.1, 0.15) is 13.3 Å². The first kappa shape index (κ1) is 11.7. The van der Waals surface area contributed by atoms with E-state index in [4.69, 9.17) is 0 Å². The maximum atomic E-state index is 11.4. The highest BCUT2D eigenvalue weighted by atomic mass is 19.1. The van der Waals surface area contributed by atoms with Crippen molar-refractivity contribution in [1.82, 2.24) is 5.32 Å². The minimum Gasteiger partial charge on any atom is -0.464 e. The summed E-state index contributed by atoms with van der Waals surface area (Å²) in [5.74, 6) is -0.347. The van der Waals surface area contributed by atoms with Crippen molar-refractivity contribution in [1.29, 1.82) is 0 Å². The fourth-order valence-electron chi connectivity index (χ4n) is 0.521. The molecule has 0 aromatic rings. The molecule has 5 nitrogen and oxygen atoms in total. The van der Waals surface area contributed by atoms with Gasteiger partial charge in [0.15, 0.2) is 0 Å². The third-order valence-electron chi connectivity index (χ3n) is 1.11. The average Bonchev–Trinajstić information content (AvgIpc) is 2.12. The second-order valence-electron chi connectivity index (χ2n) is 2.04. The van der Waals surface area contributed by atoms with Crippen molar-refractivity contribution in [3.63, 3.8) is 0 Å². The van der Waals surface area contributed by atoms with Crippen molar-refractivity contribution in [2.45, 2.75) is 13.3 Å². The Bertz CT molecular complexity index is 174. The first-order valence-corrected chi connectivity index (χ1v) is 3.83. The molecule has 0 radical (unpaired) electrons. The highest BCUT2D eigenvalue weighted by molar-refractivity contribution is 5.69. The molecule has 0 aromatic heterocycles. The number of nitrogens with one attached hydrogen (secondary N) is 1. The molecule has 13 heavy (non-hydrogen) atoms. The number of alkyl halides is 1. The van der Waals surface area contributed by atoms with Crippen LogP contribution < -0.4 is 5.32 Å². The molecule has 1 amide bonds. The summed E-state index contributed by atoms with van der Waals surface area (Å²) < 4.78 is 19.9. The van der Waals surface area contributed by atoms with E-state index in [0.29, 0.717) is 0 Å². The fourth-order valence-corrected chi connectivity index (χ4v) is 0.521. The molecule has 0 aliphatic heterocycles. The molecule has 0 heterocycles. The van der Waals surface area contributed by atoms with Crippen LogP contribution in [0.15, 0.2) is 0 Å². The van der Waals surface area contributed by atoms with E-state index >= 15 is 0 Å². The van der Waals surface area contributed by atoms with Gasteiger partial charge >= 0.3 is 12.1 Å². The molecule has 0 aliphatic rings. The molecule has 0 atom stereocenters. The summed E-state index contributed by atoms with van der Waals surface area (Å²) in [6, 6.07) is 0. The van der Waals surface area contributed by atoms with Crippen molar-refractivity contribution < 1.29 is 23.5 Å². The Morgan fingerprint density at radius 2 is 2.08 bits per heavy atom. The van der Waals surface area contributed by atoms with E-state index < -0.39 is 13.0 Å². The molecule has 0 aliphatic carbocycles. The van der Waals surface area contributed by atoms with E-state index in [2.05, 4.69) is 14.8 Å². The summed E-state index contributed by atoms with van der Waals surface area (Å²) in [4.78, 5) is 21.0. The molecule has 0 saturated carbocycles. The molecule has 76 valence electrons. The molecule has 0 unspecified atom stereocenters. The lowest BCUT2D eigenvalue weighted by Gasteiger charge is -2.04. The van der Waals surface area contributed by atoms with Gasteiger partial charge in [0.25, 0.3) is 0 Å². The van der Waals surface area contributed by atoms with Gasteiger partial charge in [-0.3, -0.25) is 4.79 Å². The zero-order valence-corrected chi connectivity index (χ0v) is 7.34. The van der Waals surface area contributed by atoms with Gasteiger partial charge in [0, 0.05) is 6.42 Å². The van der Waals surface area contributed by atoms with Gasteiger partial charge in [-0.15, -0.1) is 0 Å². The summed E-state index contributed by atoms with van der Waals surface area (Å²) >= 11 is 0. The lowest BCUT2D eigenvalue weighted by Crippen LogP contribution is -2.28. The Morgan fingerprint density at radius 1 is 1.38 bits per heavy atom. The number of halogens is 1. The van der Waals surface area contributed by atoms with Crippen molar-refractivity contribution in [3.05, 3.63) is 0 Å². The van der Waals surface area contributed by atoms with Crippen LogP contribution in [-0.2, 0) is 14.3 Å². The number of carbonyl (C=O) groups is 2. The van der Waals surface area contributed by atoms with Crippen LogP contribution in [0.5, 0.6) is 0 Å². The molecule has 0 spiro atoms. The summed E-state index contributed by atoms with van der Waals surface area (Å²) in [6.45, 7) is 0.673. The lowest BCUT2D eigenvalue weighted by molar-refractivity contribution is -0.143. The van der Waals surface area contributed by atoms with Crippen LogP contribution in [0.4, 0.5) is 9.18 Å². The van der Waals surface area contributed by atoms with Gasteiger partial charge in [0.05, 0.1) is 6.54 Å². The van der Waals surface area contributed by atoms with Crippen LogP contribution >= 0.6 is 0 Å². The largest absolute Gasteiger partial charge is 0.464 e. The lowest BCUT2D eigenvalue weighted by atomic mass is 10.5. The van der Waals surface area contributed by atoms with Gasteiger partial charge in [-0.2, -0.15) is 0 Å². The van der Waals surface area contributed by atoms with Gasteiger partial charge in [0.2, 0.25) is 6.86 Å². The van der Waals surface area contributed by atoms with Crippen LogP contribution in [-0.4, -0.2) is 32.1 Å². The van der Waals surface area contributed by atoms with Crippen molar-refractivity contribution in [3.8, 4) is 0 Å². The predicted octanol–water partition coefficient (Wildman–Crippen LogP) is 0.593. The van der Waals surface area contributed by atoms with Crippen molar-refractivity contribution in [2.75, 3.05) is 20.0 Å². The molecule has 0 aromatic carbocycles. The molecule has 6 heteroatoms. The number of amides is 1. The molecule has 0 rings (SSSR count). The van der Waals surface area contributed by atoms with Crippen LogP contribution in [0.25, 0.3) is 0 Å². The molecular weight excluding hydrogens is 181 g/mol. The van der Waals surface area contributed by atoms with E-state index in [1.165, 1.54) is 0 Å². The summed E-state index contributed by atoms with van der Waals surface area (Å²) in [5.41, 5.74) is 0. The number of hydrogen-bond donors (Lipinski definition) is 1. The minimum absolute atomic E-state index is 0.0636. The van der Waals surface area contributed by atoms with Gasteiger partial charge in [-0.1, -0.05) is 6.92 Å². The van der Waals surface area contributed by atoms with Crippen LogP contribution in [0.2, 0.25) is 0 Å². The Hall–Kier alpha value is -1.33. The minimum atomic E-state index is -1.17.